The molecular formula is C15H15BrO3. The van der Waals surface area contributed by atoms with E-state index in [4.69, 9.17) is 9.15 Å². The first-order valence-electron chi connectivity index (χ1n) is 6.07. The molecule has 0 fully saturated rings. The van der Waals surface area contributed by atoms with Gasteiger partial charge in [0, 0.05) is 4.47 Å². The highest BCUT2D eigenvalue weighted by Gasteiger charge is 2.13. The molecule has 0 spiro atoms. The minimum absolute atomic E-state index is 0.0190. The smallest absolute Gasteiger partial charge is 0.235 e. The molecule has 0 bridgehead atoms. The molecule has 100 valence electrons. The Kier molecular flexibility index (Phi) is 4.43. The SMILES string of the molecule is CC(C)c1cc(Br)ccc1OCC(=O)c1ccco1. The zero-order chi connectivity index (χ0) is 13.8. The minimum atomic E-state index is -0.164. The lowest BCUT2D eigenvalue weighted by molar-refractivity contribution is 0.0893. The third-order valence-electron chi connectivity index (χ3n) is 2.75. The Morgan fingerprint density at radius 2 is 2.16 bits per heavy atom. The molecule has 19 heavy (non-hydrogen) atoms. The second-order valence-corrected chi connectivity index (χ2v) is 5.44. The standard InChI is InChI=1S/C15H15BrO3/c1-10(2)12-8-11(16)5-6-14(12)19-9-13(17)15-4-3-7-18-15/h3-8,10H,9H2,1-2H3. The van der Waals surface area contributed by atoms with Gasteiger partial charge in [-0.2, -0.15) is 0 Å². The third-order valence-corrected chi connectivity index (χ3v) is 3.24. The highest BCUT2D eigenvalue weighted by Crippen LogP contribution is 2.29. The van der Waals surface area contributed by atoms with Crippen molar-refractivity contribution in [3.8, 4) is 5.75 Å². The van der Waals surface area contributed by atoms with Gasteiger partial charge in [-0.15, -0.1) is 0 Å². The van der Waals surface area contributed by atoms with E-state index in [0.717, 1.165) is 15.8 Å². The van der Waals surface area contributed by atoms with E-state index in [1.807, 2.05) is 18.2 Å². The van der Waals surface area contributed by atoms with E-state index in [9.17, 15) is 4.79 Å². The number of Topliss-reactive ketones (excluding diaryl/α,β-unsaturated/α-hetero) is 1. The van der Waals surface area contributed by atoms with Gasteiger partial charge in [0.2, 0.25) is 5.78 Å². The summed E-state index contributed by atoms with van der Waals surface area (Å²) in [6, 6.07) is 9.10. The van der Waals surface area contributed by atoms with Crippen molar-refractivity contribution in [2.24, 2.45) is 0 Å². The topological polar surface area (TPSA) is 39.4 Å². The lowest BCUT2D eigenvalue weighted by Gasteiger charge is -2.13. The molecule has 0 radical (unpaired) electrons. The van der Waals surface area contributed by atoms with Gasteiger partial charge in [-0.1, -0.05) is 29.8 Å². The molecule has 2 rings (SSSR count). The Labute approximate surface area is 120 Å². The number of hydrogen-bond donors (Lipinski definition) is 0. The highest BCUT2D eigenvalue weighted by atomic mass is 79.9. The first kappa shape index (κ1) is 13.9. The maximum atomic E-state index is 11.8. The van der Waals surface area contributed by atoms with Gasteiger partial charge in [-0.05, 0) is 41.8 Å². The first-order valence-corrected chi connectivity index (χ1v) is 6.86. The van der Waals surface area contributed by atoms with Crippen molar-refractivity contribution < 1.29 is 13.9 Å². The van der Waals surface area contributed by atoms with Crippen molar-refractivity contribution in [2.45, 2.75) is 19.8 Å². The van der Waals surface area contributed by atoms with Gasteiger partial charge < -0.3 is 9.15 Å². The summed E-state index contributed by atoms with van der Waals surface area (Å²) >= 11 is 3.44. The Morgan fingerprint density at radius 1 is 1.37 bits per heavy atom. The molecule has 0 amide bonds. The quantitative estimate of drug-likeness (QED) is 0.764. The molecule has 0 saturated carbocycles. The number of furan rings is 1. The molecule has 2 aromatic rings. The third kappa shape index (κ3) is 3.47. The fraction of sp³-hybridized carbons (Fsp3) is 0.267. The number of halogens is 1. The van der Waals surface area contributed by atoms with Gasteiger partial charge in [0.25, 0.3) is 0 Å². The van der Waals surface area contributed by atoms with Gasteiger partial charge >= 0.3 is 0 Å². The summed E-state index contributed by atoms with van der Waals surface area (Å²) in [6.07, 6.45) is 1.48. The molecule has 0 unspecified atom stereocenters. The number of hydrogen-bond acceptors (Lipinski definition) is 3. The van der Waals surface area contributed by atoms with E-state index in [1.54, 1.807) is 12.1 Å². The van der Waals surface area contributed by atoms with E-state index < -0.39 is 0 Å². The van der Waals surface area contributed by atoms with E-state index in [2.05, 4.69) is 29.8 Å². The molecule has 4 heteroatoms. The summed E-state index contributed by atoms with van der Waals surface area (Å²) in [7, 11) is 0. The summed E-state index contributed by atoms with van der Waals surface area (Å²) in [4.78, 5) is 11.8. The monoisotopic (exact) mass is 322 g/mol. The number of rotatable bonds is 5. The number of ketones is 1. The first-order chi connectivity index (χ1) is 9.08. The van der Waals surface area contributed by atoms with E-state index in [1.165, 1.54) is 6.26 Å². The van der Waals surface area contributed by atoms with Crippen LogP contribution in [0.3, 0.4) is 0 Å². The van der Waals surface area contributed by atoms with Crippen LogP contribution < -0.4 is 4.74 Å². The molecule has 3 nitrogen and oxygen atoms in total. The summed E-state index contributed by atoms with van der Waals surface area (Å²) in [6.45, 7) is 4.15. The fourth-order valence-corrected chi connectivity index (χ4v) is 2.13. The summed E-state index contributed by atoms with van der Waals surface area (Å²) < 4.78 is 11.7. The summed E-state index contributed by atoms with van der Waals surface area (Å²) in [5.74, 6) is 1.22. The van der Waals surface area contributed by atoms with Crippen LogP contribution in [0.15, 0.2) is 45.5 Å². The van der Waals surface area contributed by atoms with Crippen molar-refractivity contribution in [3.63, 3.8) is 0 Å². The van der Waals surface area contributed by atoms with E-state index in [0.29, 0.717) is 11.7 Å². The lowest BCUT2D eigenvalue weighted by Crippen LogP contribution is -2.12. The molecule has 0 N–H and O–H groups in total. The second-order valence-electron chi connectivity index (χ2n) is 4.53. The van der Waals surface area contributed by atoms with Crippen LogP contribution in [0.25, 0.3) is 0 Å². The van der Waals surface area contributed by atoms with Crippen LogP contribution in [0.5, 0.6) is 5.75 Å². The minimum Gasteiger partial charge on any atom is -0.485 e. The van der Waals surface area contributed by atoms with Crippen molar-refractivity contribution in [1.29, 1.82) is 0 Å². The van der Waals surface area contributed by atoms with Crippen LogP contribution in [0.2, 0.25) is 0 Å². The molecule has 1 aromatic heterocycles. The fourth-order valence-electron chi connectivity index (χ4n) is 1.75. The number of carbonyl (C=O) groups is 1. The van der Waals surface area contributed by atoms with Crippen molar-refractivity contribution >= 4 is 21.7 Å². The highest BCUT2D eigenvalue weighted by molar-refractivity contribution is 9.10. The van der Waals surface area contributed by atoms with Gasteiger partial charge in [0.15, 0.2) is 12.4 Å². The largest absolute Gasteiger partial charge is 0.485 e. The van der Waals surface area contributed by atoms with Gasteiger partial charge in [0.1, 0.15) is 5.75 Å². The van der Waals surface area contributed by atoms with Crippen LogP contribution in [-0.2, 0) is 0 Å². The predicted octanol–water partition coefficient (Wildman–Crippen LogP) is 4.43. The van der Waals surface area contributed by atoms with Gasteiger partial charge in [-0.25, -0.2) is 0 Å². The van der Waals surface area contributed by atoms with Gasteiger partial charge in [0.05, 0.1) is 6.26 Å². The summed E-state index contributed by atoms with van der Waals surface area (Å²) in [5.41, 5.74) is 1.07. The van der Waals surface area contributed by atoms with Crippen LogP contribution in [-0.4, -0.2) is 12.4 Å². The molecular weight excluding hydrogens is 308 g/mol. The maximum absolute atomic E-state index is 11.8. The van der Waals surface area contributed by atoms with E-state index >= 15 is 0 Å². The molecule has 1 heterocycles. The number of carbonyl (C=O) groups excluding carboxylic acids is 1. The molecule has 0 saturated heterocycles. The zero-order valence-electron chi connectivity index (χ0n) is 10.9. The summed E-state index contributed by atoms with van der Waals surface area (Å²) in [5, 5.41) is 0. The number of ether oxygens (including phenoxy) is 1. The van der Waals surface area contributed by atoms with Crippen molar-refractivity contribution in [3.05, 3.63) is 52.4 Å². The van der Waals surface area contributed by atoms with Crippen LogP contribution in [0.1, 0.15) is 35.9 Å². The Balaban J connectivity index is 2.09. The van der Waals surface area contributed by atoms with Crippen molar-refractivity contribution in [2.75, 3.05) is 6.61 Å². The average molecular weight is 323 g/mol. The average Bonchev–Trinajstić information content (AvgIpc) is 2.90. The lowest BCUT2D eigenvalue weighted by atomic mass is 10.0. The molecule has 0 aliphatic rings. The Morgan fingerprint density at radius 3 is 2.79 bits per heavy atom. The van der Waals surface area contributed by atoms with Crippen LogP contribution in [0.4, 0.5) is 0 Å². The normalized spacial score (nSPS) is 10.7. The second kappa shape index (κ2) is 6.06. The van der Waals surface area contributed by atoms with Crippen LogP contribution >= 0.6 is 15.9 Å². The van der Waals surface area contributed by atoms with Crippen LogP contribution in [0, 0.1) is 0 Å². The molecule has 0 aliphatic carbocycles. The zero-order valence-corrected chi connectivity index (χ0v) is 12.4. The molecule has 0 atom stereocenters. The Hall–Kier alpha value is -1.55. The molecule has 1 aromatic carbocycles. The maximum Gasteiger partial charge on any atom is 0.235 e. The van der Waals surface area contributed by atoms with Crippen molar-refractivity contribution in [1.82, 2.24) is 0 Å². The van der Waals surface area contributed by atoms with E-state index in [-0.39, 0.29) is 12.4 Å². The number of benzene rings is 1. The van der Waals surface area contributed by atoms with Gasteiger partial charge in [-0.3, -0.25) is 4.79 Å². The predicted molar refractivity (Wildman–Crippen MR) is 76.8 cm³/mol. The molecule has 0 aliphatic heterocycles. The Bertz CT molecular complexity index is 559.